The van der Waals surface area contributed by atoms with E-state index in [-0.39, 0.29) is 17.8 Å². The topological polar surface area (TPSA) is 83.0 Å². The number of piperazine rings is 1. The van der Waals surface area contributed by atoms with Gasteiger partial charge in [0.05, 0.1) is 17.5 Å². The highest BCUT2D eigenvalue weighted by atomic mass is 16.6. The standard InChI is InChI=1S/C28H30N4O4/c33-24(19-1-2-19)31-15-13-30(14-16-31)21-5-3-20(4-6-21)27(8-9-27)26(35)32-12-10-28(18-32)23-7-11-29-17-22(23)25(34)36-28/h3-7,11,17,19H,1-2,8-10,12-16,18H2/t28-/m0/s1. The van der Waals surface area contributed by atoms with Crippen LogP contribution in [-0.2, 0) is 25.3 Å². The molecule has 3 aliphatic heterocycles. The van der Waals surface area contributed by atoms with Crippen molar-refractivity contribution in [3.63, 3.8) is 0 Å². The molecular formula is C28H30N4O4. The van der Waals surface area contributed by atoms with Crippen LogP contribution in [-0.4, -0.2) is 71.8 Å². The zero-order chi connectivity index (χ0) is 24.5. The smallest absolute Gasteiger partial charge is 0.341 e. The second kappa shape index (κ2) is 7.79. The second-order valence-corrected chi connectivity index (χ2v) is 11.0. The van der Waals surface area contributed by atoms with Crippen LogP contribution >= 0.6 is 0 Å². The predicted molar refractivity (Wildman–Crippen MR) is 131 cm³/mol. The van der Waals surface area contributed by atoms with Gasteiger partial charge in [0.15, 0.2) is 5.60 Å². The van der Waals surface area contributed by atoms with Crippen LogP contribution in [0, 0.1) is 5.92 Å². The van der Waals surface area contributed by atoms with Gasteiger partial charge in [-0.3, -0.25) is 14.6 Å². The number of carbonyl (C=O) groups is 3. The Kier molecular flexibility index (Phi) is 4.72. The molecule has 8 nitrogen and oxygen atoms in total. The third kappa shape index (κ3) is 3.33. The zero-order valence-electron chi connectivity index (χ0n) is 20.3. The van der Waals surface area contributed by atoms with E-state index >= 15 is 0 Å². The van der Waals surface area contributed by atoms with E-state index in [9.17, 15) is 14.4 Å². The van der Waals surface area contributed by atoms with Crippen LogP contribution in [0.1, 0.15) is 53.6 Å². The van der Waals surface area contributed by atoms with Crippen molar-refractivity contribution in [2.24, 2.45) is 5.92 Å². The monoisotopic (exact) mass is 486 g/mol. The van der Waals surface area contributed by atoms with Gasteiger partial charge in [0.25, 0.3) is 0 Å². The van der Waals surface area contributed by atoms with Crippen LogP contribution in [0.25, 0.3) is 0 Å². The molecule has 2 saturated heterocycles. The molecule has 1 aromatic carbocycles. The predicted octanol–water partition coefficient (Wildman–Crippen LogP) is 2.47. The Labute approximate surface area is 210 Å². The molecule has 0 N–H and O–H groups in total. The number of pyridine rings is 1. The first-order valence-electron chi connectivity index (χ1n) is 13.1. The maximum Gasteiger partial charge on any atom is 0.341 e. The minimum absolute atomic E-state index is 0.137. The van der Waals surface area contributed by atoms with Crippen molar-refractivity contribution in [1.29, 1.82) is 0 Å². The Morgan fingerprint density at radius 3 is 2.36 bits per heavy atom. The number of hydrogen-bond acceptors (Lipinski definition) is 6. The van der Waals surface area contributed by atoms with Gasteiger partial charge >= 0.3 is 5.97 Å². The van der Waals surface area contributed by atoms with E-state index in [4.69, 9.17) is 4.74 Å². The maximum atomic E-state index is 13.7. The number of hydrogen-bond donors (Lipinski definition) is 0. The first kappa shape index (κ1) is 21.8. The molecule has 4 heterocycles. The molecule has 5 aliphatic rings. The van der Waals surface area contributed by atoms with Gasteiger partial charge in [0.1, 0.15) is 0 Å². The molecule has 0 bridgehead atoms. The summed E-state index contributed by atoms with van der Waals surface area (Å²) in [6.45, 7) is 4.22. The fraction of sp³-hybridized carbons (Fsp3) is 0.500. The molecule has 2 aromatic rings. The average molecular weight is 487 g/mol. The van der Waals surface area contributed by atoms with Crippen LogP contribution in [0.2, 0.25) is 0 Å². The van der Waals surface area contributed by atoms with E-state index in [0.29, 0.717) is 31.0 Å². The van der Waals surface area contributed by atoms with E-state index in [1.165, 1.54) is 0 Å². The van der Waals surface area contributed by atoms with Gasteiger partial charge in [-0.05, 0) is 49.4 Å². The fourth-order valence-corrected chi connectivity index (χ4v) is 6.32. The molecule has 7 rings (SSSR count). The summed E-state index contributed by atoms with van der Waals surface area (Å²) < 4.78 is 5.82. The summed E-state index contributed by atoms with van der Waals surface area (Å²) >= 11 is 0. The first-order valence-corrected chi connectivity index (χ1v) is 13.1. The molecule has 0 radical (unpaired) electrons. The van der Waals surface area contributed by atoms with E-state index in [1.54, 1.807) is 12.4 Å². The SMILES string of the molecule is O=C1O[C@]2(CCN(C(=O)C3(c4ccc(N5CCN(C(=O)C6CC6)CC5)cc4)CC3)C2)c2ccncc21. The highest BCUT2D eigenvalue weighted by molar-refractivity contribution is 5.95. The summed E-state index contributed by atoms with van der Waals surface area (Å²) in [6.07, 6.45) is 7.65. The van der Waals surface area contributed by atoms with E-state index in [0.717, 1.165) is 68.7 Å². The average Bonchev–Trinajstić information content (AvgIpc) is 3.85. The zero-order valence-corrected chi connectivity index (χ0v) is 20.3. The van der Waals surface area contributed by atoms with E-state index in [2.05, 4.69) is 34.1 Å². The van der Waals surface area contributed by atoms with Crippen molar-refractivity contribution in [3.05, 3.63) is 59.4 Å². The third-order valence-electron chi connectivity index (χ3n) is 8.80. The maximum absolute atomic E-state index is 13.7. The summed E-state index contributed by atoms with van der Waals surface area (Å²) in [6, 6.07) is 10.3. The van der Waals surface area contributed by atoms with Gasteiger partial charge in [0.2, 0.25) is 11.8 Å². The minimum atomic E-state index is -0.742. The number of ether oxygens (including phenoxy) is 1. The molecule has 4 fully saturated rings. The number of amides is 2. The van der Waals surface area contributed by atoms with Crippen molar-refractivity contribution in [3.8, 4) is 0 Å². The molecule has 1 aromatic heterocycles. The molecule has 1 atom stereocenters. The van der Waals surface area contributed by atoms with Crippen LogP contribution in [0.4, 0.5) is 5.69 Å². The van der Waals surface area contributed by atoms with Crippen molar-refractivity contribution < 1.29 is 19.1 Å². The number of anilines is 1. The summed E-state index contributed by atoms with van der Waals surface area (Å²) in [7, 11) is 0. The van der Waals surface area contributed by atoms with Crippen LogP contribution in [0.15, 0.2) is 42.7 Å². The number of esters is 1. The molecular weight excluding hydrogens is 456 g/mol. The second-order valence-electron chi connectivity index (χ2n) is 11.0. The molecule has 2 amide bonds. The highest BCUT2D eigenvalue weighted by Crippen LogP contribution is 2.52. The van der Waals surface area contributed by atoms with Crippen molar-refractivity contribution in [2.45, 2.75) is 43.1 Å². The number of rotatable bonds is 4. The Bertz CT molecular complexity index is 1240. The number of nitrogens with zero attached hydrogens (tertiary/aromatic N) is 4. The van der Waals surface area contributed by atoms with E-state index in [1.807, 2.05) is 15.9 Å². The number of carbonyl (C=O) groups excluding carboxylic acids is 3. The van der Waals surface area contributed by atoms with E-state index < -0.39 is 11.0 Å². The molecule has 36 heavy (non-hydrogen) atoms. The van der Waals surface area contributed by atoms with Gasteiger partial charge in [-0.1, -0.05) is 12.1 Å². The molecule has 2 aliphatic carbocycles. The number of benzene rings is 1. The lowest BCUT2D eigenvalue weighted by molar-refractivity contribution is -0.134. The summed E-state index contributed by atoms with van der Waals surface area (Å²) in [5.74, 6) is 0.399. The van der Waals surface area contributed by atoms with Gasteiger partial charge in [-0.15, -0.1) is 0 Å². The Morgan fingerprint density at radius 2 is 1.67 bits per heavy atom. The van der Waals surface area contributed by atoms with Crippen LogP contribution in [0.3, 0.4) is 0 Å². The fourth-order valence-electron chi connectivity index (χ4n) is 6.32. The lowest BCUT2D eigenvalue weighted by atomic mass is 9.92. The Hall–Kier alpha value is -3.42. The summed E-state index contributed by atoms with van der Waals surface area (Å²) in [5.41, 5.74) is 2.36. The van der Waals surface area contributed by atoms with Gasteiger partial charge in [-0.2, -0.15) is 0 Å². The minimum Gasteiger partial charge on any atom is -0.449 e. The lowest BCUT2D eigenvalue weighted by Gasteiger charge is -2.36. The Morgan fingerprint density at radius 1 is 0.917 bits per heavy atom. The van der Waals surface area contributed by atoms with Crippen molar-refractivity contribution >= 4 is 23.5 Å². The van der Waals surface area contributed by atoms with Gasteiger partial charge in [-0.25, -0.2) is 4.79 Å². The summed E-state index contributed by atoms with van der Waals surface area (Å²) in [4.78, 5) is 48.8. The lowest BCUT2D eigenvalue weighted by Crippen LogP contribution is -2.49. The largest absolute Gasteiger partial charge is 0.449 e. The normalized spacial score (nSPS) is 26.2. The molecule has 2 saturated carbocycles. The van der Waals surface area contributed by atoms with Crippen molar-refractivity contribution in [1.82, 2.24) is 14.8 Å². The van der Waals surface area contributed by atoms with Gasteiger partial charge in [0, 0.05) is 68.7 Å². The molecule has 8 heteroatoms. The van der Waals surface area contributed by atoms with Crippen molar-refractivity contribution in [2.75, 3.05) is 44.2 Å². The molecule has 0 unspecified atom stereocenters. The van der Waals surface area contributed by atoms with Gasteiger partial charge < -0.3 is 19.4 Å². The highest BCUT2D eigenvalue weighted by Gasteiger charge is 2.57. The van der Waals surface area contributed by atoms with Crippen LogP contribution in [0.5, 0.6) is 0 Å². The third-order valence-corrected chi connectivity index (χ3v) is 8.80. The quantitative estimate of drug-likeness (QED) is 0.618. The summed E-state index contributed by atoms with van der Waals surface area (Å²) in [5, 5.41) is 0. The van der Waals surface area contributed by atoms with Crippen LogP contribution < -0.4 is 4.90 Å². The number of likely N-dealkylation sites (tertiary alicyclic amines) is 1. The first-order chi connectivity index (χ1) is 17.5. The molecule has 1 spiro atoms. The number of fused-ring (bicyclic) bond motifs is 2. The number of aromatic nitrogens is 1. The Balaban J connectivity index is 1.03. The molecule has 186 valence electrons.